The zero-order chi connectivity index (χ0) is 40.8. The van der Waals surface area contributed by atoms with Gasteiger partial charge in [-0.15, -0.1) is 0 Å². The summed E-state index contributed by atoms with van der Waals surface area (Å²) in [5.74, 6) is 0. The van der Waals surface area contributed by atoms with E-state index in [0.29, 0.717) is 0 Å². The fourth-order valence-corrected chi connectivity index (χ4v) is 10.8. The van der Waals surface area contributed by atoms with E-state index in [-0.39, 0.29) is 0 Å². The first-order valence-corrected chi connectivity index (χ1v) is 21.4. The number of fused-ring (bicyclic) bond motifs is 15. The highest BCUT2D eigenvalue weighted by Gasteiger charge is 2.53. The predicted octanol–water partition coefficient (Wildman–Crippen LogP) is 16.0. The van der Waals surface area contributed by atoms with Crippen LogP contribution in [-0.2, 0) is 5.41 Å². The van der Waals surface area contributed by atoms with Crippen molar-refractivity contribution in [2.45, 2.75) is 5.41 Å². The Hall–Kier alpha value is -8.14. The Labute approximate surface area is 360 Å². The van der Waals surface area contributed by atoms with Gasteiger partial charge in [0.15, 0.2) is 0 Å². The highest BCUT2D eigenvalue weighted by atomic mass is 16.3. The van der Waals surface area contributed by atoms with Gasteiger partial charge in [0.05, 0.1) is 22.2 Å². The van der Waals surface area contributed by atoms with Crippen LogP contribution in [0.3, 0.4) is 0 Å². The lowest BCUT2D eigenvalue weighted by Gasteiger charge is -2.34. The number of rotatable bonds is 6. The molecule has 62 heavy (non-hydrogen) atoms. The summed E-state index contributed by atoms with van der Waals surface area (Å²) in [5, 5.41) is 4.65. The molecule has 3 heteroatoms. The van der Waals surface area contributed by atoms with Crippen LogP contribution in [0.4, 0.5) is 34.1 Å². The van der Waals surface area contributed by atoms with Gasteiger partial charge in [-0.05, 0) is 123 Å². The van der Waals surface area contributed by atoms with E-state index in [1.165, 1.54) is 55.3 Å². The van der Waals surface area contributed by atoms with E-state index in [0.717, 1.165) is 56.1 Å². The Kier molecular flexibility index (Phi) is 7.52. The second-order valence-electron chi connectivity index (χ2n) is 16.4. The van der Waals surface area contributed by atoms with Gasteiger partial charge in [-0.1, -0.05) is 158 Å². The smallest absolute Gasteiger partial charge is 0.137 e. The van der Waals surface area contributed by atoms with E-state index in [9.17, 15) is 0 Å². The molecule has 2 aliphatic rings. The van der Waals surface area contributed by atoms with E-state index < -0.39 is 5.41 Å². The summed E-state index contributed by atoms with van der Waals surface area (Å²) in [6.45, 7) is 0. The monoisotopic (exact) mass is 790 g/mol. The number of benzene rings is 10. The second-order valence-corrected chi connectivity index (χ2v) is 16.4. The van der Waals surface area contributed by atoms with Crippen LogP contribution < -0.4 is 9.80 Å². The molecule has 3 nitrogen and oxygen atoms in total. The van der Waals surface area contributed by atoms with Gasteiger partial charge in [0, 0.05) is 33.5 Å². The molecule has 0 bridgehead atoms. The van der Waals surface area contributed by atoms with Crippen molar-refractivity contribution in [3.8, 4) is 22.3 Å². The fraction of sp³-hybridized carbons (Fsp3) is 0.0169. The van der Waals surface area contributed by atoms with Gasteiger partial charge in [-0.2, -0.15) is 0 Å². The van der Waals surface area contributed by atoms with E-state index in [1.807, 2.05) is 6.07 Å². The van der Waals surface area contributed by atoms with Crippen LogP contribution in [0.5, 0.6) is 0 Å². The van der Waals surface area contributed by atoms with Crippen LogP contribution in [0.25, 0.3) is 55.0 Å². The fourth-order valence-electron chi connectivity index (χ4n) is 10.8. The van der Waals surface area contributed by atoms with Crippen molar-refractivity contribution in [2.75, 3.05) is 9.80 Å². The molecule has 1 aromatic heterocycles. The normalized spacial score (nSPS) is 14.5. The summed E-state index contributed by atoms with van der Waals surface area (Å²) in [4.78, 5) is 4.84. The highest BCUT2D eigenvalue weighted by molar-refractivity contribution is 6.14. The predicted molar refractivity (Wildman–Crippen MR) is 257 cm³/mol. The van der Waals surface area contributed by atoms with Crippen molar-refractivity contribution in [1.29, 1.82) is 0 Å². The molecular formula is C59H38N2O. The lowest BCUT2D eigenvalue weighted by molar-refractivity contribution is 0.669. The maximum Gasteiger partial charge on any atom is 0.137 e. The van der Waals surface area contributed by atoms with E-state index in [1.54, 1.807) is 0 Å². The molecule has 0 fully saturated rings. The van der Waals surface area contributed by atoms with E-state index in [4.69, 9.17) is 4.42 Å². The molecule has 0 radical (unpaired) electrons. The number of hydrogen-bond donors (Lipinski definition) is 0. The molecule has 10 aromatic carbocycles. The molecule has 1 atom stereocenters. The van der Waals surface area contributed by atoms with Crippen molar-refractivity contribution in [3.05, 3.63) is 253 Å². The molecule has 0 saturated carbocycles. The molecule has 13 rings (SSSR count). The molecule has 0 aliphatic heterocycles. The average molecular weight is 791 g/mol. The first-order valence-electron chi connectivity index (χ1n) is 21.4. The minimum Gasteiger partial charge on any atom is -0.456 e. The molecule has 1 heterocycles. The van der Waals surface area contributed by atoms with Gasteiger partial charge >= 0.3 is 0 Å². The van der Waals surface area contributed by atoms with Gasteiger partial charge in [0.1, 0.15) is 11.2 Å². The van der Waals surface area contributed by atoms with Crippen molar-refractivity contribution in [1.82, 2.24) is 0 Å². The van der Waals surface area contributed by atoms with Gasteiger partial charge in [-0.3, -0.25) is 0 Å². The Morgan fingerprint density at radius 1 is 0.306 bits per heavy atom. The van der Waals surface area contributed by atoms with Gasteiger partial charge in [0.25, 0.3) is 0 Å². The number of hydrogen-bond acceptors (Lipinski definition) is 3. The number of nitrogens with zero attached hydrogens (tertiary/aromatic N) is 2. The van der Waals surface area contributed by atoms with Crippen LogP contribution in [0, 0.1) is 0 Å². The van der Waals surface area contributed by atoms with E-state index >= 15 is 0 Å². The number of furan rings is 1. The standard InChI is InChI=1S/C59H38N2O/c1-4-19-39(20-5-1)60(40-21-6-2-7-22-40)54-38-49-44-26-13-16-31-51(44)59(58(49)47-28-11-10-27-46(47)54)50-30-15-12-25-43(50)45-36-35-42(37-52(45)59)61(41-23-8-3-9-24-41)53-32-18-34-56-57(53)48-29-14-17-33-55(48)62-56/h1-38H. The van der Waals surface area contributed by atoms with Crippen LogP contribution in [0.15, 0.2) is 235 Å². The Morgan fingerprint density at radius 2 is 0.806 bits per heavy atom. The Balaban J connectivity index is 1.12. The topological polar surface area (TPSA) is 19.6 Å². The molecule has 1 spiro atoms. The third-order valence-corrected chi connectivity index (χ3v) is 13.2. The zero-order valence-electron chi connectivity index (χ0n) is 33.7. The summed E-state index contributed by atoms with van der Waals surface area (Å²) in [7, 11) is 0. The van der Waals surface area contributed by atoms with E-state index in [2.05, 4.69) is 234 Å². The molecular weight excluding hydrogens is 753 g/mol. The van der Waals surface area contributed by atoms with Crippen molar-refractivity contribution >= 4 is 66.8 Å². The summed E-state index contributed by atoms with van der Waals surface area (Å²) < 4.78 is 6.48. The third-order valence-electron chi connectivity index (χ3n) is 13.2. The third kappa shape index (κ3) is 4.82. The zero-order valence-corrected chi connectivity index (χ0v) is 33.7. The van der Waals surface area contributed by atoms with Crippen molar-refractivity contribution in [2.24, 2.45) is 0 Å². The molecule has 2 aliphatic carbocycles. The second kappa shape index (κ2) is 13.4. The van der Waals surface area contributed by atoms with Gasteiger partial charge in [0.2, 0.25) is 0 Å². The van der Waals surface area contributed by atoms with Crippen molar-refractivity contribution < 1.29 is 4.42 Å². The highest BCUT2D eigenvalue weighted by Crippen LogP contribution is 2.65. The maximum absolute atomic E-state index is 6.48. The van der Waals surface area contributed by atoms with Gasteiger partial charge < -0.3 is 14.2 Å². The molecule has 0 saturated heterocycles. The largest absolute Gasteiger partial charge is 0.456 e. The molecule has 11 aromatic rings. The Bertz CT molecular complexity index is 3500. The van der Waals surface area contributed by atoms with Crippen LogP contribution in [-0.4, -0.2) is 0 Å². The summed E-state index contributed by atoms with van der Waals surface area (Å²) in [6.07, 6.45) is 0. The van der Waals surface area contributed by atoms with Crippen LogP contribution in [0.2, 0.25) is 0 Å². The lowest BCUT2D eigenvalue weighted by Crippen LogP contribution is -2.26. The van der Waals surface area contributed by atoms with Gasteiger partial charge in [-0.25, -0.2) is 0 Å². The number of para-hydroxylation sites is 4. The maximum atomic E-state index is 6.48. The van der Waals surface area contributed by atoms with Crippen LogP contribution >= 0.6 is 0 Å². The first-order chi connectivity index (χ1) is 30.8. The summed E-state index contributed by atoms with van der Waals surface area (Å²) >= 11 is 0. The summed E-state index contributed by atoms with van der Waals surface area (Å²) in [5.41, 5.74) is 18.1. The summed E-state index contributed by atoms with van der Waals surface area (Å²) in [6, 6.07) is 84.0. The lowest BCUT2D eigenvalue weighted by atomic mass is 9.69. The molecule has 0 N–H and O–H groups in total. The SMILES string of the molecule is c1ccc(N(c2ccccc2)c2cc3c(c4ccccc24)C2(c4ccccc4-c4ccc(N(c5ccccc5)c5cccc6oc7ccccc7c56)cc42)c2ccccc2-3)cc1. The molecule has 290 valence electrons. The van der Waals surface area contributed by atoms with Crippen LogP contribution in [0.1, 0.15) is 22.3 Å². The van der Waals surface area contributed by atoms with Crippen molar-refractivity contribution in [3.63, 3.8) is 0 Å². The average Bonchev–Trinajstić information content (AvgIpc) is 3.97. The minimum absolute atomic E-state index is 0.590. The molecule has 0 amide bonds. The Morgan fingerprint density at radius 3 is 1.47 bits per heavy atom. The molecule has 1 unspecified atom stereocenters. The minimum atomic E-state index is -0.590. The first kappa shape index (κ1) is 34.7. The quantitative estimate of drug-likeness (QED) is 0.167. The number of anilines is 6.